The zero-order chi connectivity index (χ0) is 14.9. The van der Waals surface area contributed by atoms with Gasteiger partial charge < -0.3 is 9.84 Å². The van der Waals surface area contributed by atoms with Crippen LogP contribution in [0.15, 0.2) is 30.3 Å². The average Bonchev–Trinajstić information content (AvgIpc) is 2.65. The quantitative estimate of drug-likeness (QED) is 0.847. The Bertz CT molecular complexity index is 613. The predicted octanol–water partition coefficient (Wildman–Crippen LogP) is 5.04. The smallest absolute Gasteiger partial charge is 0.406 e. The normalized spacial score (nSPS) is 13.3. The fourth-order valence-corrected chi connectivity index (χ4v) is 3.12. The van der Waals surface area contributed by atoms with Gasteiger partial charge in [-0.15, -0.1) is 24.5 Å². The molecule has 1 unspecified atom stereocenters. The van der Waals surface area contributed by atoms with E-state index in [4.69, 9.17) is 23.2 Å². The largest absolute Gasteiger partial charge is 0.573 e. The standard InChI is InChI=1S/C12H7Cl2F3O2S/c13-9-5-8(11(14)20-9)10(18)6-2-1-3-7(4-6)19-12(15,16)17/h1-5,10,18H. The van der Waals surface area contributed by atoms with Gasteiger partial charge in [-0.2, -0.15) is 0 Å². The number of thiophene rings is 1. The van der Waals surface area contributed by atoms with Gasteiger partial charge in [0, 0.05) is 5.56 Å². The summed E-state index contributed by atoms with van der Waals surface area (Å²) >= 11 is 12.7. The maximum absolute atomic E-state index is 12.1. The molecule has 1 aromatic carbocycles. The Kier molecular flexibility index (Phi) is 4.49. The maximum Gasteiger partial charge on any atom is 0.573 e. The number of benzene rings is 1. The van der Waals surface area contributed by atoms with Crippen LogP contribution in [0.25, 0.3) is 0 Å². The van der Waals surface area contributed by atoms with Crippen LogP contribution in [0.3, 0.4) is 0 Å². The van der Waals surface area contributed by atoms with Crippen molar-refractivity contribution >= 4 is 34.5 Å². The summed E-state index contributed by atoms with van der Waals surface area (Å²) in [5, 5.41) is 10.1. The molecule has 0 bridgehead atoms. The molecule has 2 rings (SSSR count). The molecular weight excluding hydrogens is 336 g/mol. The van der Waals surface area contributed by atoms with Gasteiger partial charge in [0.2, 0.25) is 0 Å². The molecular formula is C12H7Cl2F3O2S. The number of rotatable bonds is 3. The van der Waals surface area contributed by atoms with Crippen molar-refractivity contribution in [2.24, 2.45) is 0 Å². The average molecular weight is 343 g/mol. The minimum Gasteiger partial charge on any atom is -0.406 e. The van der Waals surface area contributed by atoms with Crippen LogP contribution in [0.2, 0.25) is 8.67 Å². The van der Waals surface area contributed by atoms with Gasteiger partial charge in [0.15, 0.2) is 0 Å². The van der Waals surface area contributed by atoms with Crippen LogP contribution < -0.4 is 4.74 Å². The van der Waals surface area contributed by atoms with Gasteiger partial charge in [0.1, 0.15) is 16.2 Å². The van der Waals surface area contributed by atoms with Crippen molar-refractivity contribution < 1.29 is 23.0 Å². The second-order valence-electron chi connectivity index (χ2n) is 3.80. The lowest BCUT2D eigenvalue weighted by Crippen LogP contribution is -2.17. The fraction of sp³-hybridized carbons (Fsp3) is 0.167. The summed E-state index contributed by atoms with van der Waals surface area (Å²) in [7, 11) is 0. The van der Waals surface area contributed by atoms with Crippen LogP contribution in [-0.2, 0) is 0 Å². The summed E-state index contributed by atoms with van der Waals surface area (Å²) in [6.45, 7) is 0. The van der Waals surface area contributed by atoms with Crippen molar-refractivity contribution in [1.29, 1.82) is 0 Å². The highest BCUT2D eigenvalue weighted by Crippen LogP contribution is 2.38. The van der Waals surface area contributed by atoms with Gasteiger partial charge in [-0.05, 0) is 23.8 Å². The third kappa shape index (κ3) is 3.79. The van der Waals surface area contributed by atoms with Crippen molar-refractivity contribution in [3.05, 3.63) is 50.1 Å². The first-order valence-corrected chi connectivity index (χ1v) is 6.82. The van der Waals surface area contributed by atoms with Gasteiger partial charge in [0.25, 0.3) is 0 Å². The van der Waals surface area contributed by atoms with E-state index in [1.807, 2.05) is 0 Å². The van der Waals surface area contributed by atoms with E-state index in [2.05, 4.69) is 4.74 Å². The minimum atomic E-state index is -4.78. The van der Waals surface area contributed by atoms with E-state index < -0.39 is 18.2 Å². The van der Waals surface area contributed by atoms with Crippen molar-refractivity contribution in [2.75, 3.05) is 0 Å². The zero-order valence-corrected chi connectivity index (χ0v) is 11.9. The summed E-state index contributed by atoms with van der Waals surface area (Å²) in [6.07, 6.45) is -5.96. The lowest BCUT2D eigenvalue weighted by Gasteiger charge is -2.13. The first-order chi connectivity index (χ1) is 9.26. The molecule has 1 atom stereocenters. The van der Waals surface area contributed by atoms with Gasteiger partial charge in [-0.3, -0.25) is 0 Å². The van der Waals surface area contributed by atoms with Crippen LogP contribution in [0.1, 0.15) is 17.2 Å². The third-order valence-corrected chi connectivity index (χ3v) is 3.90. The Hall–Kier alpha value is -0.950. The highest BCUT2D eigenvalue weighted by atomic mass is 35.5. The van der Waals surface area contributed by atoms with Crippen LogP contribution in [0.5, 0.6) is 5.75 Å². The Morgan fingerprint density at radius 2 is 1.90 bits per heavy atom. The molecule has 108 valence electrons. The van der Waals surface area contributed by atoms with Crippen molar-refractivity contribution in [2.45, 2.75) is 12.5 Å². The second-order valence-corrected chi connectivity index (χ2v) is 6.09. The molecule has 0 amide bonds. The van der Waals surface area contributed by atoms with Gasteiger partial charge in [-0.1, -0.05) is 35.3 Å². The van der Waals surface area contributed by atoms with Crippen LogP contribution in [-0.4, -0.2) is 11.5 Å². The Morgan fingerprint density at radius 3 is 2.45 bits per heavy atom. The lowest BCUT2D eigenvalue weighted by atomic mass is 10.0. The monoisotopic (exact) mass is 342 g/mol. The SMILES string of the molecule is OC(c1cccc(OC(F)(F)F)c1)c1cc(Cl)sc1Cl. The van der Waals surface area contributed by atoms with E-state index in [-0.39, 0.29) is 9.90 Å². The third-order valence-electron chi connectivity index (χ3n) is 2.39. The zero-order valence-electron chi connectivity index (χ0n) is 9.62. The number of aliphatic hydroxyl groups excluding tert-OH is 1. The second kappa shape index (κ2) is 5.81. The van der Waals surface area contributed by atoms with Gasteiger partial charge in [-0.25, -0.2) is 0 Å². The maximum atomic E-state index is 12.1. The molecule has 1 heterocycles. The Labute approximate surface area is 126 Å². The van der Waals surface area contributed by atoms with Crippen molar-refractivity contribution in [3.8, 4) is 5.75 Å². The van der Waals surface area contributed by atoms with E-state index in [0.29, 0.717) is 9.90 Å². The van der Waals surface area contributed by atoms with Crippen LogP contribution in [0.4, 0.5) is 13.2 Å². The molecule has 1 aromatic heterocycles. The number of hydrogen-bond donors (Lipinski definition) is 1. The van der Waals surface area contributed by atoms with Gasteiger partial charge >= 0.3 is 6.36 Å². The number of hydrogen-bond acceptors (Lipinski definition) is 3. The van der Waals surface area contributed by atoms with Crippen molar-refractivity contribution in [3.63, 3.8) is 0 Å². The summed E-state index contributed by atoms with van der Waals surface area (Å²) in [5.41, 5.74) is 0.564. The number of aliphatic hydroxyl groups is 1. The molecule has 0 aliphatic heterocycles. The van der Waals surface area contributed by atoms with Crippen LogP contribution in [0, 0.1) is 0 Å². The molecule has 20 heavy (non-hydrogen) atoms. The summed E-state index contributed by atoms with van der Waals surface area (Å²) in [6, 6.07) is 6.53. The fourth-order valence-electron chi connectivity index (χ4n) is 1.60. The van der Waals surface area contributed by atoms with E-state index in [0.717, 1.165) is 23.5 Å². The molecule has 0 radical (unpaired) electrons. The first kappa shape index (κ1) is 15.4. The number of alkyl halides is 3. The van der Waals surface area contributed by atoms with Gasteiger partial charge in [0.05, 0.1) is 4.34 Å². The molecule has 8 heteroatoms. The molecule has 0 aliphatic carbocycles. The summed E-state index contributed by atoms with van der Waals surface area (Å²) in [4.78, 5) is 0. The highest BCUT2D eigenvalue weighted by Gasteiger charge is 2.31. The van der Waals surface area contributed by atoms with E-state index in [9.17, 15) is 18.3 Å². The van der Waals surface area contributed by atoms with E-state index in [1.54, 1.807) is 0 Å². The number of ether oxygens (including phenoxy) is 1. The Balaban J connectivity index is 2.29. The highest BCUT2D eigenvalue weighted by molar-refractivity contribution is 7.20. The predicted molar refractivity (Wildman–Crippen MR) is 71.5 cm³/mol. The topological polar surface area (TPSA) is 29.5 Å². The molecule has 0 saturated heterocycles. The molecule has 0 aliphatic rings. The summed E-state index contributed by atoms with van der Waals surface area (Å²) in [5.74, 6) is -0.411. The van der Waals surface area contributed by atoms with Crippen molar-refractivity contribution in [1.82, 2.24) is 0 Å². The van der Waals surface area contributed by atoms with Crippen LogP contribution >= 0.6 is 34.5 Å². The molecule has 1 N–H and O–H groups in total. The summed E-state index contributed by atoms with van der Waals surface area (Å²) < 4.78 is 40.9. The lowest BCUT2D eigenvalue weighted by molar-refractivity contribution is -0.274. The number of halogens is 5. The van der Waals surface area contributed by atoms with E-state index in [1.165, 1.54) is 18.2 Å². The van der Waals surface area contributed by atoms with E-state index >= 15 is 0 Å². The molecule has 0 saturated carbocycles. The Morgan fingerprint density at radius 1 is 1.20 bits per heavy atom. The molecule has 0 spiro atoms. The molecule has 2 nitrogen and oxygen atoms in total. The minimum absolute atomic E-state index is 0.225. The molecule has 2 aromatic rings. The molecule has 0 fully saturated rings. The first-order valence-electron chi connectivity index (χ1n) is 5.25.